The normalized spacial score (nSPS) is 18.6. The predicted molar refractivity (Wildman–Crippen MR) is 75.5 cm³/mol. The molecule has 1 atom stereocenters. The Hall–Kier alpha value is -1.55. The lowest BCUT2D eigenvalue weighted by atomic mass is 10.1. The van der Waals surface area contributed by atoms with E-state index in [2.05, 4.69) is 5.32 Å². The molecule has 1 aliphatic rings. The van der Waals surface area contributed by atoms with Gasteiger partial charge in [-0.05, 0) is 51.1 Å². The van der Waals surface area contributed by atoms with Gasteiger partial charge in [-0.1, -0.05) is 6.07 Å². The van der Waals surface area contributed by atoms with Gasteiger partial charge in [0.05, 0.1) is 6.61 Å². The Bertz CT molecular complexity index is 434. The Labute approximate surface area is 114 Å². The molecular formula is C15H22N2O2. The largest absolute Gasteiger partial charge is 0.494 e. The minimum Gasteiger partial charge on any atom is -0.494 e. The number of hydrogen-bond donors (Lipinski definition) is 1. The third-order valence-corrected chi connectivity index (χ3v) is 3.46. The van der Waals surface area contributed by atoms with Crippen LogP contribution < -0.4 is 10.1 Å². The molecular weight excluding hydrogens is 240 g/mol. The fourth-order valence-electron chi connectivity index (χ4n) is 2.54. The summed E-state index contributed by atoms with van der Waals surface area (Å²) in [5.41, 5.74) is 0.719. The van der Waals surface area contributed by atoms with Crippen LogP contribution in [0.3, 0.4) is 0 Å². The van der Waals surface area contributed by atoms with Crippen LogP contribution >= 0.6 is 0 Å². The number of rotatable bonds is 5. The fraction of sp³-hybridized carbons (Fsp3) is 0.533. The highest BCUT2D eigenvalue weighted by Gasteiger charge is 2.26. The molecule has 4 nitrogen and oxygen atoms in total. The predicted octanol–water partition coefficient (Wildman–Crippen LogP) is 1.77. The van der Waals surface area contributed by atoms with Gasteiger partial charge < -0.3 is 15.0 Å². The van der Waals surface area contributed by atoms with Gasteiger partial charge in [-0.3, -0.25) is 4.79 Å². The zero-order chi connectivity index (χ0) is 13.7. The second-order valence-corrected chi connectivity index (χ2v) is 4.92. The van der Waals surface area contributed by atoms with Gasteiger partial charge >= 0.3 is 0 Å². The molecule has 1 saturated heterocycles. The standard InChI is InChI=1S/C15H22N2O2/c1-3-19-14-6-4-5-13(9-14)15(18)17-8-7-12(11-17)10-16-2/h4-6,9,12,16H,3,7-8,10-11H2,1-2H3/t12-/m0/s1. The van der Waals surface area contributed by atoms with Crippen molar-refractivity contribution in [3.05, 3.63) is 29.8 Å². The number of carbonyl (C=O) groups excluding carboxylic acids is 1. The number of likely N-dealkylation sites (tertiary alicyclic amines) is 1. The monoisotopic (exact) mass is 262 g/mol. The molecule has 1 aromatic carbocycles. The van der Waals surface area contributed by atoms with E-state index in [9.17, 15) is 4.79 Å². The summed E-state index contributed by atoms with van der Waals surface area (Å²) in [6.45, 7) is 5.23. The second-order valence-electron chi connectivity index (χ2n) is 4.92. The first kappa shape index (κ1) is 13.9. The summed E-state index contributed by atoms with van der Waals surface area (Å²) < 4.78 is 5.44. The first-order valence-corrected chi connectivity index (χ1v) is 6.91. The molecule has 0 spiro atoms. The molecule has 19 heavy (non-hydrogen) atoms. The lowest BCUT2D eigenvalue weighted by molar-refractivity contribution is 0.0786. The maximum absolute atomic E-state index is 12.4. The van der Waals surface area contributed by atoms with Crippen LogP contribution in [0.25, 0.3) is 0 Å². The van der Waals surface area contributed by atoms with Crippen molar-refractivity contribution in [2.45, 2.75) is 13.3 Å². The first-order chi connectivity index (χ1) is 9.24. The molecule has 0 aromatic heterocycles. The summed E-state index contributed by atoms with van der Waals surface area (Å²) in [4.78, 5) is 14.3. The van der Waals surface area contributed by atoms with Crippen molar-refractivity contribution in [2.75, 3.05) is 33.3 Å². The van der Waals surface area contributed by atoms with Crippen molar-refractivity contribution in [1.29, 1.82) is 0 Å². The van der Waals surface area contributed by atoms with Crippen molar-refractivity contribution < 1.29 is 9.53 Å². The number of nitrogens with one attached hydrogen (secondary N) is 1. The summed E-state index contributed by atoms with van der Waals surface area (Å²) in [6.07, 6.45) is 1.08. The van der Waals surface area contributed by atoms with Gasteiger partial charge in [0.2, 0.25) is 0 Å². The Morgan fingerprint density at radius 3 is 3.11 bits per heavy atom. The average molecular weight is 262 g/mol. The topological polar surface area (TPSA) is 41.6 Å². The van der Waals surface area contributed by atoms with E-state index in [1.54, 1.807) is 0 Å². The van der Waals surface area contributed by atoms with E-state index < -0.39 is 0 Å². The highest BCUT2D eigenvalue weighted by atomic mass is 16.5. The number of hydrogen-bond acceptors (Lipinski definition) is 3. The first-order valence-electron chi connectivity index (χ1n) is 6.91. The molecule has 1 heterocycles. The van der Waals surface area contributed by atoms with Crippen molar-refractivity contribution in [1.82, 2.24) is 10.2 Å². The third kappa shape index (κ3) is 3.47. The molecule has 0 saturated carbocycles. The number of nitrogens with zero attached hydrogens (tertiary/aromatic N) is 1. The Kier molecular flexibility index (Phi) is 4.80. The van der Waals surface area contributed by atoms with Crippen molar-refractivity contribution >= 4 is 5.91 Å². The quantitative estimate of drug-likeness (QED) is 0.879. The molecule has 4 heteroatoms. The SMILES string of the molecule is CCOc1cccc(C(=O)N2CC[C@@H](CNC)C2)c1. The third-order valence-electron chi connectivity index (χ3n) is 3.46. The van der Waals surface area contributed by atoms with Gasteiger partial charge in [-0.15, -0.1) is 0 Å². The highest BCUT2D eigenvalue weighted by Crippen LogP contribution is 2.20. The zero-order valence-corrected chi connectivity index (χ0v) is 11.7. The molecule has 1 N–H and O–H groups in total. The van der Waals surface area contributed by atoms with Crippen LogP contribution in [-0.4, -0.2) is 44.1 Å². The van der Waals surface area contributed by atoms with E-state index in [-0.39, 0.29) is 5.91 Å². The molecule has 1 aromatic rings. The minimum atomic E-state index is 0.111. The van der Waals surface area contributed by atoms with Gasteiger partial charge in [0, 0.05) is 18.7 Å². The van der Waals surface area contributed by atoms with E-state index in [1.165, 1.54) is 0 Å². The Balaban J connectivity index is 2.01. The van der Waals surface area contributed by atoms with Gasteiger partial charge in [0.15, 0.2) is 0 Å². The van der Waals surface area contributed by atoms with Gasteiger partial charge in [0.25, 0.3) is 5.91 Å². The van der Waals surface area contributed by atoms with Crippen LogP contribution in [0, 0.1) is 5.92 Å². The van der Waals surface area contributed by atoms with Crippen LogP contribution in [0.2, 0.25) is 0 Å². The minimum absolute atomic E-state index is 0.111. The lowest BCUT2D eigenvalue weighted by Crippen LogP contribution is -2.30. The van der Waals surface area contributed by atoms with Crippen molar-refractivity contribution in [2.24, 2.45) is 5.92 Å². The van der Waals surface area contributed by atoms with Crippen LogP contribution in [0.1, 0.15) is 23.7 Å². The summed E-state index contributed by atoms with van der Waals surface area (Å²) >= 11 is 0. The Morgan fingerprint density at radius 1 is 1.53 bits per heavy atom. The van der Waals surface area contributed by atoms with E-state index in [0.29, 0.717) is 12.5 Å². The van der Waals surface area contributed by atoms with E-state index in [4.69, 9.17) is 4.74 Å². The number of amides is 1. The van der Waals surface area contributed by atoms with Crippen molar-refractivity contribution in [3.63, 3.8) is 0 Å². The Morgan fingerprint density at radius 2 is 2.37 bits per heavy atom. The number of carbonyl (C=O) groups is 1. The van der Waals surface area contributed by atoms with Gasteiger partial charge in [-0.25, -0.2) is 0 Å². The molecule has 2 rings (SSSR count). The summed E-state index contributed by atoms with van der Waals surface area (Å²) in [7, 11) is 1.95. The molecule has 104 valence electrons. The molecule has 0 radical (unpaired) electrons. The second kappa shape index (κ2) is 6.57. The van der Waals surface area contributed by atoms with Gasteiger partial charge in [0.1, 0.15) is 5.75 Å². The molecule has 1 fully saturated rings. The van der Waals surface area contributed by atoms with Crippen LogP contribution in [0.4, 0.5) is 0 Å². The molecule has 0 unspecified atom stereocenters. The van der Waals surface area contributed by atoms with Crippen LogP contribution in [0.5, 0.6) is 5.75 Å². The lowest BCUT2D eigenvalue weighted by Gasteiger charge is -2.17. The van der Waals surface area contributed by atoms with E-state index in [1.807, 2.05) is 43.1 Å². The summed E-state index contributed by atoms with van der Waals surface area (Å²) in [5, 5.41) is 3.18. The maximum atomic E-state index is 12.4. The zero-order valence-electron chi connectivity index (χ0n) is 11.7. The van der Waals surface area contributed by atoms with E-state index in [0.717, 1.165) is 37.4 Å². The maximum Gasteiger partial charge on any atom is 0.253 e. The molecule has 1 aliphatic heterocycles. The number of benzene rings is 1. The van der Waals surface area contributed by atoms with Crippen LogP contribution in [-0.2, 0) is 0 Å². The molecule has 1 amide bonds. The van der Waals surface area contributed by atoms with Crippen LogP contribution in [0.15, 0.2) is 24.3 Å². The summed E-state index contributed by atoms with van der Waals surface area (Å²) in [6, 6.07) is 7.45. The number of ether oxygens (including phenoxy) is 1. The summed E-state index contributed by atoms with van der Waals surface area (Å²) in [5.74, 6) is 1.45. The fourth-order valence-corrected chi connectivity index (χ4v) is 2.54. The van der Waals surface area contributed by atoms with Crippen molar-refractivity contribution in [3.8, 4) is 5.75 Å². The highest BCUT2D eigenvalue weighted by molar-refractivity contribution is 5.94. The molecule has 0 bridgehead atoms. The smallest absolute Gasteiger partial charge is 0.253 e. The average Bonchev–Trinajstić information content (AvgIpc) is 2.88. The van der Waals surface area contributed by atoms with Gasteiger partial charge in [-0.2, -0.15) is 0 Å². The molecule has 0 aliphatic carbocycles. The van der Waals surface area contributed by atoms with E-state index >= 15 is 0 Å².